The minimum Gasteiger partial charge on any atom is -0.324 e. The van der Waals surface area contributed by atoms with Crippen LogP contribution in [0, 0.1) is 5.92 Å². The second-order valence-electron chi connectivity index (χ2n) is 3.77. The third kappa shape index (κ3) is 2.41. The Hall–Kier alpha value is -0.240. The summed E-state index contributed by atoms with van der Waals surface area (Å²) in [4.78, 5) is 0. The molecule has 0 unspecified atom stereocenters. The number of benzene rings is 1. The predicted octanol–water partition coefficient (Wildman–Crippen LogP) is 3.56. The number of hydrogen-bond donors (Lipinski definition) is 1. The van der Waals surface area contributed by atoms with E-state index in [1.807, 2.05) is 24.3 Å². The molecule has 1 aliphatic rings. The van der Waals surface area contributed by atoms with Crippen LogP contribution in [0.4, 0.5) is 0 Å². The second-order valence-corrected chi connectivity index (χ2v) is 4.20. The Bertz CT molecular complexity index is 280. The highest BCUT2D eigenvalue weighted by atomic mass is 35.5. The molecular weight excluding hydrogens is 217 g/mol. The van der Waals surface area contributed by atoms with Crippen molar-refractivity contribution in [3.63, 3.8) is 0 Å². The summed E-state index contributed by atoms with van der Waals surface area (Å²) in [6.45, 7) is 0. The number of hydrogen-bond acceptors (Lipinski definition) is 1. The SMILES string of the molecule is Cl.N[C@@H](c1ccc(Cl)cc1)C1CCC1. The molecule has 0 aliphatic heterocycles. The Kier molecular flexibility index (Phi) is 4.24. The Morgan fingerprint density at radius 3 is 2.21 bits per heavy atom. The van der Waals surface area contributed by atoms with Crippen molar-refractivity contribution in [1.29, 1.82) is 0 Å². The summed E-state index contributed by atoms with van der Waals surface area (Å²) in [6.07, 6.45) is 3.90. The summed E-state index contributed by atoms with van der Waals surface area (Å²) >= 11 is 5.80. The Morgan fingerprint density at radius 1 is 1.21 bits per heavy atom. The normalized spacial score (nSPS) is 18.1. The monoisotopic (exact) mass is 231 g/mol. The lowest BCUT2D eigenvalue weighted by molar-refractivity contribution is 0.264. The van der Waals surface area contributed by atoms with Gasteiger partial charge in [0.2, 0.25) is 0 Å². The van der Waals surface area contributed by atoms with E-state index in [2.05, 4.69) is 0 Å². The van der Waals surface area contributed by atoms with E-state index in [0.29, 0.717) is 5.92 Å². The summed E-state index contributed by atoms with van der Waals surface area (Å²) < 4.78 is 0. The molecule has 1 saturated carbocycles. The second kappa shape index (κ2) is 5.01. The first-order valence-electron chi connectivity index (χ1n) is 4.78. The van der Waals surface area contributed by atoms with Crippen molar-refractivity contribution in [2.24, 2.45) is 11.7 Å². The van der Waals surface area contributed by atoms with E-state index >= 15 is 0 Å². The maximum Gasteiger partial charge on any atom is 0.0406 e. The highest BCUT2D eigenvalue weighted by molar-refractivity contribution is 6.30. The van der Waals surface area contributed by atoms with Crippen molar-refractivity contribution in [3.8, 4) is 0 Å². The zero-order chi connectivity index (χ0) is 9.26. The van der Waals surface area contributed by atoms with Gasteiger partial charge in [0.1, 0.15) is 0 Å². The summed E-state index contributed by atoms with van der Waals surface area (Å²) in [5.74, 6) is 0.696. The lowest BCUT2D eigenvalue weighted by Crippen LogP contribution is -2.26. The molecule has 0 bridgehead atoms. The van der Waals surface area contributed by atoms with Gasteiger partial charge in [0, 0.05) is 11.1 Å². The molecule has 1 fully saturated rings. The summed E-state index contributed by atoms with van der Waals surface area (Å²) in [5, 5.41) is 0.782. The molecule has 0 heterocycles. The maximum absolute atomic E-state index is 6.11. The van der Waals surface area contributed by atoms with Crippen LogP contribution in [0.25, 0.3) is 0 Å². The quantitative estimate of drug-likeness (QED) is 0.828. The van der Waals surface area contributed by atoms with Crippen LogP contribution in [-0.4, -0.2) is 0 Å². The zero-order valence-electron chi connectivity index (χ0n) is 7.95. The Labute approximate surface area is 96.0 Å². The van der Waals surface area contributed by atoms with Crippen LogP contribution >= 0.6 is 24.0 Å². The first kappa shape index (κ1) is 11.8. The Morgan fingerprint density at radius 2 is 1.79 bits per heavy atom. The van der Waals surface area contributed by atoms with Crippen molar-refractivity contribution in [3.05, 3.63) is 34.9 Å². The van der Waals surface area contributed by atoms with E-state index < -0.39 is 0 Å². The summed E-state index contributed by atoms with van der Waals surface area (Å²) in [6, 6.07) is 8.10. The van der Waals surface area contributed by atoms with Gasteiger partial charge >= 0.3 is 0 Å². The van der Waals surface area contributed by atoms with Gasteiger partial charge in [0.15, 0.2) is 0 Å². The Balaban J connectivity index is 0.000000980. The van der Waals surface area contributed by atoms with Crippen LogP contribution in [0.3, 0.4) is 0 Å². The molecular formula is C11H15Cl2N. The number of rotatable bonds is 2. The number of halogens is 2. The summed E-state index contributed by atoms with van der Waals surface area (Å²) in [7, 11) is 0. The standard InChI is InChI=1S/C11H14ClN.ClH/c12-10-6-4-9(5-7-10)11(13)8-2-1-3-8;/h4-8,11H,1-3,13H2;1H/t11-;/m1./s1. The van der Waals surface area contributed by atoms with E-state index in [-0.39, 0.29) is 18.4 Å². The molecule has 2 N–H and O–H groups in total. The van der Waals surface area contributed by atoms with E-state index in [9.17, 15) is 0 Å². The lowest BCUT2D eigenvalue weighted by atomic mass is 9.78. The molecule has 0 spiro atoms. The van der Waals surface area contributed by atoms with Gasteiger partial charge in [0.25, 0.3) is 0 Å². The van der Waals surface area contributed by atoms with Crippen molar-refractivity contribution < 1.29 is 0 Å². The smallest absolute Gasteiger partial charge is 0.0406 e. The van der Waals surface area contributed by atoms with Crippen LogP contribution < -0.4 is 5.73 Å². The van der Waals surface area contributed by atoms with Crippen LogP contribution in [0.2, 0.25) is 5.02 Å². The molecule has 0 amide bonds. The first-order valence-corrected chi connectivity index (χ1v) is 5.16. The maximum atomic E-state index is 6.11. The highest BCUT2D eigenvalue weighted by Gasteiger charge is 2.25. The third-order valence-electron chi connectivity index (χ3n) is 2.91. The largest absolute Gasteiger partial charge is 0.324 e. The van der Waals surface area contributed by atoms with Gasteiger partial charge in [-0.25, -0.2) is 0 Å². The molecule has 14 heavy (non-hydrogen) atoms. The lowest BCUT2D eigenvalue weighted by Gasteiger charge is -2.31. The molecule has 78 valence electrons. The third-order valence-corrected chi connectivity index (χ3v) is 3.16. The molecule has 0 saturated heterocycles. The molecule has 1 aromatic carbocycles. The van der Waals surface area contributed by atoms with Crippen molar-refractivity contribution in [1.82, 2.24) is 0 Å². The van der Waals surface area contributed by atoms with Crippen LogP contribution in [-0.2, 0) is 0 Å². The molecule has 1 atom stereocenters. The minimum absolute atomic E-state index is 0. The minimum atomic E-state index is 0. The van der Waals surface area contributed by atoms with E-state index in [0.717, 1.165) is 5.02 Å². The zero-order valence-corrected chi connectivity index (χ0v) is 9.52. The average Bonchev–Trinajstić information content (AvgIpc) is 2.02. The van der Waals surface area contributed by atoms with E-state index in [1.54, 1.807) is 0 Å². The van der Waals surface area contributed by atoms with Gasteiger partial charge in [0.05, 0.1) is 0 Å². The number of nitrogens with two attached hydrogens (primary N) is 1. The molecule has 1 aliphatic carbocycles. The van der Waals surface area contributed by atoms with Crippen LogP contribution in [0.1, 0.15) is 30.9 Å². The van der Waals surface area contributed by atoms with Crippen molar-refractivity contribution in [2.75, 3.05) is 0 Å². The van der Waals surface area contributed by atoms with Crippen molar-refractivity contribution in [2.45, 2.75) is 25.3 Å². The van der Waals surface area contributed by atoms with Gasteiger partial charge in [-0.05, 0) is 36.5 Å². The van der Waals surface area contributed by atoms with Gasteiger partial charge in [-0.2, -0.15) is 0 Å². The fourth-order valence-electron chi connectivity index (χ4n) is 1.76. The fourth-order valence-corrected chi connectivity index (χ4v) is 1.88. The van der Waals surface area contributed by atoms with Gasteiger partial charge in [-0.1, -0.05) is 30.2 Å². The predicted molar refractivity (Wildman–Crippen MR) is 63.0 cm³/mol. The van der Waals surface area contributed by atoms with Crippen LogP contribution in [0.5, 0.6) is 0 Å². The highest BCUT2D eigenvalue weighted by Crippen LogP contribution is 2.36. The van der Waals surface area contributed by atoms with Crippen LogP contribution in [0.15, 0.2) is 24.3 Å². The molecule has 2 rings (SSSR count). The molecule has 1 aromatic rings. The van der Waals surface area contributed by atoms with E-state index in [1.165, 1.54) is 24.8 Å². The van der Waals surface area contributed by atoms with Crippen molar-refractivity contribution >= 4 is 24.0 Å². The van der Waals surface area contributed by atoms with Gasteiger partial charge in [-0.15, -0.1) is 12.4 Å². The first-order chi connectivity index (χ1) is 6.27. The average molecular weight is 232 g/mol. The molecule has 0 radical (unpaired) electrons. The molecule has 0 aromatic heterocycles. The van der Waals surface area contributed by atoms with E-state index in [4.69, 9.17) is 17.3 Å². The fraction of sp³-hybridized carbons (Fsp3) is 0.455. The topological polar surface area (TPSA) is 26.0 Å². The van der Waals surface area contributed by atoms with Gasteiger partial charge < -0.3 is 5.73 Å². The van der Waals surface area contributed by atoms with Gasteiger partial charge in [-0.3, -0.25) is 0 Å². The molecule has 1 nitrogen and oxygen atoms in total. The molecule has 3 heteroatoms. The summed E-state index contributed by atoms with van der Waals surface area (Å²) in [5.41, 5.74) is 7.32.